The molecule has 2 aromatic heterocycles. The summed E-state index contributed by atoms with van der Waals surface area (Å²) in [6.45, 7) is 2.06. The Morgan fingerprint density at radius 3 is 2.81 bits per heavy atom. The molecule has 4 rings (SSSR count). The number of amides is 3. The van der Waals surface area contributed by atoms with Crippen molar-refractivity contribution in [2.75, 3.05) is 20.6 Å². The molecule has 3 aromatic rings. The fourth-order valence-corrected chi connectivity index (χ4v) is 3.05. The molecule has 0 saturated carbocycles. The Bertz CT molecular complexity index is 1010. The summed E-state index contributed by atoms with van der Waals surface area (Å²) >= 11 is 0. The van der Waals surface area contributed by atoms with Gasteiger partial charge in [-0.15, -0.1) is 0 Å². The van der Waals surface area contributed by atoms with Crippen LogP contribution in [0.2, 0.25) is 0 Å². The third kappa shape index (κ3) is 3.33. The van der Waals surface area contributed by atoms with Crippen LogP contribution in [0.3, 0.4) is 0 Å². The van der Waals surface area contributed by atoms with E-state index in [9.17, 15) is 9.59 Å². The van der Waals surface area contributed by atoms with Crippen LogP contribution in [0.15, 0.2) is 28.9 Å². The van der Waals surface area contributed by atoms with Gasteiger partial charge >= 0.3 is 6.03 Å². The summed E-state index contributed by atoms with van der Waals surface area (Å²) in [5, 5.41) is 14.8. The topological polar surface area (TPSA) is 109 Å². The molecule has 0 atom stereocenters. The van der Waals surface area contributed by atoms with Crippen LogP contribution in [0.4, 0.5) is 4.79 Å². The van der Waals surface area contributed by atoms with Crippen molar-refractivity contribution in [2.45, 2.75) is 19.6 Å². The van der Waals surface area contributed by atoms with Gasteiger partial charge in [-0.3, -0.25) is 9.48 Å². The van der Waals surface area contributed by atoms with E-state index in [2.05, 4.69) is 25.4 Å². The smallest absolute Gasteiger partial charge is 0.319 e. The lowest BCUT2D eigenvalue weighted by molar-refractivity contribution is 0.0950. The van der Waals surface area contributed by atoms with Crippen LogP contribution in [0.1, 0.15) is 21.7 Å². The van der Waals surface area contributed by atoms with E-state index in [1.807, 2.05) is 10.7 Å². The molecular weight excluding hydrogens is 350 g/mol. The van der Waals surface area contributed by atoms with Crippen molar-refractivity contribution in [3.63, 3.8) is 0 Å². The van der Waals surface area contributed by atoms with Crippen LogP contribution in [-0.2, 0) is 19.6 Å². The summed E-state index contributed by atoms with van der Waals surface area (Å²) in [7, 11) is 3.48. The van der Waals surface area contributed by atoms with Gasteiger partial charge in [0.15, 0.2) is 0 Å². The second kappa shape index (κ2) is 6.71. The largest absolute Gasteiger partial charge is 0.346 e. The molecule has 0 spiro atoms. The average molecular weight is 369 g/mol. The third-order valence-corrected chi connectivity index (χ3v) is 4.45. The zero-order chi connectivity index (χ0) is 19.0. The number of urea groups is 1. The lowest BCUT2D eigenvalue weighted by Gasteiger charge is -2.29. The Kier molecular flexibility index (Phi) is 4.22. The fourth-order valence-electron chi connectivity index (χ4n) is 3.05. The number of nitrogens with zero attached hydrogens (tertiary/aromatic N) is 6. The lowest BCUT2D eigenvalue weighted by atomic mass is 10.2. The number of fused-ring (bicyclic) bond motifs is 2. The molecule has 3 heterocycles. The van der Waals surface area contributed by atoms with E-state index >= 15 is 0 Å². The minimum atomic E-state index is -0.227. The van der Waals surface area contributed by atoms with Gasteiger partial charge in [0.25, 0.3) is 5.91 Å². The first-order valence-corrected chi connectivity index (χ1v) is 8.53. The highest BCUT2D eigenvalue weighted by molar-refractivity contribution is 5.97. The van der Waals surface area contributed by atoms with Crippen molar-refractivity contribution in [1.29, 1.82) is 0 Å². The Morgan fingerprint density at radius 1 is 1.19 bits per heavy atom. The highest BCUT2D eigenvalue weighted by Crippen LogP contribution is 2.15. The number of benzene rings is 1. The molecule has 1 aliphatic rings. The number of hydrogen-bond acceptors (Lipinski definition) is 6. The van der Waals surface area contributed by atoms with Gasteiger partial charge < -0.3 is 15.1 Å². The van der Waals surface area contributed by atoms with Gasteiger partial charge in [-0.1, -0.05) is 0 Å². The second-order valence-electron chi connectivity index (χ2n) is 6.60. The number of nitrogens with one attached hydrogen (secondary N) is 1. The number of aromatic nitrogens is 4. The second-order valence-corrected chi connectivity index (χ2v) is 6.60. The van der Waals surface area contributed by atoms with Crippen molar-refractivity contribution < 1.29 is 14.2 Å². The molecule has 1 aromatic carbocycles. The molecule has 0 radical (unpaired) electrons. The first-order valence-electron chi connectivity index (χ1n) is 8.53. The van der Waals surface area contributed by atoms with Crippen LogP contribution >= 0.6 is 0 Å². The average Bonchev–Trinajstić information content (AvgIpc) is 3.30. The SMILES string of the molecule is CN(C)C(=O)N1CCn2nc(CNC(=O)c3ccc4nonc4c3)cc2C1. The van der Waals surface area contributed by atoms with Crippen molar-refractivity contribution in [3.05, 3.63) is 41.2 Å². The van der Waals surface area contributed by atoms with Crippen LogP contribution < -0.4 is 5.32 Å². The molecule has 0 unspecified atom stereocenters. The summed E-state index contributed by atoms with van der Waals surface area (Å²) in [5.41, 5.74) is 3.32. The lowest BCUT2D eigenvalue weighted by Crippen LogP contribution is -2.43. The predicted molar refractivity (Wildman–Crippen MR) is 94.7 cm³/mol. The maximum atomic E-state index is 12.4. The first-order chi connectivity index (χ1) is 13.0. The molecule has 27 heavy (non-hydrogen) atoms. The molecule has 10 nitrogen and oxygen atoms in total. The van der Waals surface area contributed by atoms with E-state index in [0.717, 1.165) is 11.4 Å². The summed E-state index contributed by atoms with van der Waals surface area (Å²) in [6, 6.07) is 6.89. The minimum absolute atomic E-state index is 0.0185. The predicted octanol–water partition coefficient (Wildman–Crippen LogP) is 0.846. The van der Waals surface area contributed by atoms with E-state index in [1.165, 1.54) is 0 Å². The zero-order valence-corrected chi connectivity index (χ0v) is 15.0. The molecule has 0 aliphatic carbocycles. The number of carbonyl (C=O) groups excluding carboxylic acids is 2. The van der Waals surface area contributed by atoms with Gasteiger partial charge in [0.2, 0.25) is 0 Å². The molecule has 0 saturated heterocycles. The molecular formula is C17H19N7O3. The maximum absolute atomic E-state index is 12.4. The van der Waals surface area contributed by atoms with E-state index in [0.29, 0.717) is 42.8 Å². The van der Waals surface area contributed by atoms with E-state index in [4.69, 9.17) is 0 Å². The normalized spacial score (nSPS) is 13.5. The first kappa shape index (κ1) is 17.0. The Morgan fingerprint density at radius 2 is 2.00 bits per heavy atom. The van der Waals surface area contributed by atoms with E-state index in [1.54, 1.807) is 42.1 Å². The van der Waals surface area contributed by atoms with Gasteiger partial charge in [0.05, 0.1) is 31.0 Å². The molecule has 140 valence electrons. The molecule has 1 N–H and O–H groups in total. The fraction of sp³-hybridized carbons (Fsp3) is 0.353. The number of rotatable bonds is 3. The van der Waals surface area contributed by atoms with Crippen molar-refractivity contribution in [2.24, 2.45) is 0 Å². The van der Waals surface area contributed by atoms with Crippen LogP contribution in [-0.4, -0.2) is 62.5 Å². The third-order valence-electron chi connectivity index (χ3n) is 4.45. The van der Waals surface area contributed by atoms with Crippen molar-refractivity contribution in [3.8, 4) is 0 Å². The van der Waals surface area contributed by atoms with Crippen LogP contribution in [0, 0.1) is 0 Å². The molecule has 1 aliphatic heterocycles. The van der Waals surface area contributed by atoms with Crippen LogP contribution in [0.25, 0.3) is 11.0 Å². The van der Waals surface area contributed by atoms with Crippen LogP contribution in [0.5, 0.6) is 0 Å². The molecule has 0 bridgehead atoms. The van der Waals surface area contributed by atoms with Gasteiger partial charge in [0, 0.05) is 26.2 Å². The Hall–Kier alpha value is -3.43. The monoisotopic (exact) mass is 369 g/mol. The summed E-state index contributed by atoms with van der Waals surface area (Å²) in [5.74, 6) is -0.227. The summed E-state index contributed by atoms with van der Waals surface area (Å²) in [4.78, 5) is 27.8. The van der Waals surface area contributed by atoms with Crippen molar-refractivity contribution >= 4 is 23.0 Å². The highest BCUT2D eigenvalue weighted by atomic mass is 16.6. The maximum Gasteiger partial charge on any atom is 0.319 e. The van der Waals surface area contributed by atoms with Gasteiger partial charge in [0.1, 0.15) is 11.0 Å². The molecule has 3 amide bonds. The Labute approximate surface area is 154 Å². The number of hydrogen-bond donors (Lipinski definition) is 1. The standard InChI is InChI=1S/C17H19N7O3/c1-22(2)17(26)23-5-6-24-13(10-23)8-12(19-24)9-18-16(25)11-3-4-14-15(7-11)21-27-20-14/h3-4,7-8H,5-6,9-10H2,1-2H3,(H,18,25). The van der Waals surface area contributed by atoms with Crippen molar-refractivity contribution in [1.82, 2.24) is 35.2 Å². The minimum Gasteiger partial charge on any atom is -0.346 e. The highest BCUT2D eigenvalue weighted by Gasteiger charge is 2.23. The van der Waals surface area contributed by atoms with Gasteiger partial charge in [-0.2, -0.15) is 5.10 Å². The number of carbonyl (C=O) groups is 2. The van der Waals surface area contributed by atoms with Gasteiger partial charge in [-0.25, -0.2) is 9.42 Å². The Balaban J connectivity index is 1.41. The summed E-state index contributed by atoms with van der Waals surface area (Å²) in [6.07, 6.45) is 0. The molecule has 10 heteroatoms. The van der Waals surface area contributed by atoms with E-state index in [-0.39, 0.29) is 11.9 Å². The molecule has 0 fully saturated rings. The summed E-state index contributed by atoms with van der Waals surface area (Å²) < 4.78 is 6.52. The zero-order valence-electron chi connectivity index (χ0n) is 15.0. The quantitative estimate of drug-likeness (QED) is 0.733. The van der Waals surface area contributed by atoms with E-state index < -0.39 is 0 Å². The van der Waals surface area contributed by atoms with Gasteiger partial charge in [-0.05, 0) is 34.6 Å².